The second-order valence-electron chi connectivity index (χ2n) is 5.13. The molecule has 0 aliphatic rings. The number of carboxylic acids is 1. The van der Waals surface area contributed by atoms with Crippen molar-refractivity contribution in [3.05, 3.63) is 52.0 Å². The molecule has 0 atom stereocenters. The van der Waals surface area contributed by atoms with Crippen molar-refractivity contribution >= 4 is 23.2 Å². The van der Waals surface area contributed by atoms with E-state index >= 15 is 0 Å². The zero-order valence-electron chi connectivity index (χ0n) is 12.7. The lowest BCUT2D eigenvalue weighted by Gasteiger charge is -2.22. The fourth-order valence-electron chi connectivity index (χ4n) is 2.13. The Labute approximate surface area is 141 Å². The van der Waals surface area contributed by atoms with Gasteiger partial charge in [0, 0.05) is 37.5 Å². The summed E-state index contributed by atoms with van der Waals surface area (Å²) in [6.45, 7) is 0.0339. The highest BCUT2D eigenvalue weighted by Crippen LogP contribution is 2.14. The molecular weight excluding hydrogens is 338 g/mol. The van der Waals surface area contributed by atoms with E-state index in [1.807, 2.05) is 5.38 Å². The molecule has 0 bridgehead atoms. The van der Waals surface area contributed by atoms with Crippen LogP contribution in [-0.4, -0.2) is 33.4 Å². The fraction of sp³-hybridized carbons (Fsp3) is 0.312. The van der Waals surface area contributed by atoms with Gasteiger partial charge in [-0.1, -0.05) is 6.07 Å². The van der Waals surface area contributed by atoms with Crippen LogP contribution in [0, 0.1) is 11.6 Å². The minimum absolute atomic E-state index is 0.00499. The summed E-state index contributed by atoms with van der Waals surface area (Å²) < 4.78 is 26.3. The van der Waals surface area contributed by atoms with Gasteiger partial charge in [0.15, 0.2) is 11.6 Å². The molecule has 5 nitrogen and oxygen atoms in total. The lowest BCUT2D eigenvalue weighted by atomic mass is 10.1. The van der Waals surface area contributed by atoms with E-state index in [1.54, 1.807) is 6.20 Å². The highest BCUT2D eigenvalue weighted by molar-refractivity contribution is 7.09. The summed E-state index contributed by atoms with van der Waals surface area (Å²) in [4.78, 5) is 28.5. The topological polar surface area (TPSA) is 70.5 Å². The van der Waals surface area contributed by atoms with Gasteiger partial charge in [-0.15, -0.1) is 11.3 Å². The van der Waals surface area contributed by atoms with E-state index in [-0.39, 0.29) is 31.8 Å². The number of halogens is 2. The quantitative estimate of drug-likeness (QED) is 0.791. The summed E-state index contributed by atoms with van der Waals surface area (Å²) in [7, 11) is 0. The standard InChI is InChI=1S/C16H16F2N2O3S/c17-12-2-1-11(9-13(12)18)10-20(7-5-16(22)23)15(21)4-3-14-19-6-8-24-14/h1-2,6,8-9H,3-5,7,10H2,(H,22,23). The van der Waals surface area contributed by atoms with Crippen LogP contribution in [0.3, 0.4) is 0 Å². The number of aliphatic carboxylic acids is 1. The summed E-state index contributed by atoms with van der Waals surface area (Å²) in [5, 5.41) is 11.4. The molecular formula is C16H16F2N2O3S. The van der Waals surface area contributed by atoms with Gasteiger partial charge in [0.1, 0.15) is 0 Å². The van der Waals surface area contributed by atoms with Crippen LogP contribution in [0.2, 0.25) is 0 Å². The number of rotatable bonds is 8. The van der Waals surface area contributed by atoms with Crippen LogP contribution in [0.5, 0.6) is 0 Å². The Bertz CT molecular complexity index is 707. The highest BCUT2D eigenvalue weighted by Gasteiger charge is 2.16. The van der Waals surface area contributed by atoms with Crippen molar-refractivity contribution in [1.29, 1.82) is 0 Å². The van der Waals surface area contributed by atoms with Gasteiger partial charge in [-0.2, -0.15) is 0 Å². The lowest BCUT2D eigenvalue weighted by Crippen LogP contribution is -2.32. The Morgan fingerprint density at radius 3 is 2.62 bits per heavy atom. The number of hydrogen-bond acceptors (Lipinski definition) is 4. The van der Waals surface area contributed by atoms with E-state index in [0.717, 1.165) is 17.1 Å². The Kier molecular flexibility index (Phi) is 6.36. The summed E-state index contributed by atoms with van der Waals surface area (Å²) in [5.74, 6) is -3.25. The molecule has 1 N–H and O–H groups in total. The largest absolute Gasteiger partial charge is 0.481 e. The molecule has 0 saturated heterocycles. The van der Waals surface area contributed by atoms with E-state index < -0.39 is 17.6 Å². The fourth-order valence-corrected chi connectivity index (χ4v) is 2.75. The zero-order valence-corrected chi connectivity index (χ0v) is 13.6. The van der Waals surface area contributed by atoms with Crippen molar-refractivity contribution in [1.82, 2.24) is 9.88 Å². The number of amides is 1. The second kappa shape index (κ2) is 8.49. The average Bonchev–Trinajstić information content (AvgIpc) is 3.05. The van der Waals surface area contributed by atoms with Crippen LogP contribution in [0.1, 0.15) is 23.4 Å². The van der Waals surface area contributed by atoms with Gasteiger partial charge in [0.2, 0.25) is 5.91 Å². The maximum absolute atomic E-state index is 13.3. The first-order valence-corrected chi connectivity index (χ1v) is 8.15. The molecule has 0 aliphatic carbocycles. The Morgan fingerprint density at radius 1 is 1.21 bits per heavy atom. The molecule has 0 aliphatic heterocycles. The van der Waals surface area contributed by atoms with Crippen LogP contribution in [0.15, 0.2) is 29.8 Å². The third-order valence-corrected chi connectivity index (χ3v) is 4.18. The minimum Gasteiger partial charge on any atom is -0.481 e. The van der Waals surface area contributed by atoms with Gasteiger partial charge in [-0.3, -0.25) is 9.59 Å². The predicted molar refractivity (Wildman–Crippen MR) is 84.5 cm³/mol. The maximum atomic E-state index is 13.3. The summed E-state index contributed by atoms with van der Waals surface area (Å²) in [6, 6.07) is 3.37. The van der Waals surface area contributed by atoms with E-state index in [2.05, 4.69) is 4.98 Å². The number of benzene rings is 1. The van der Waals surface area contributed by atoms with Crippen LogP contribution in [-0.2, 0) is 22.6 Å². The van der Waals surface area contributed by atoms with Crippen LogP contribution < -0.4 is 0 Å². The van der Waals surface area contributed by atoms with Crippen LogP contribution >= 0.6 is 11.3 Å². The van der Waals surface area contributed by atoms with Crippen molar-refractivity contribution < 1.29 is 23.5 Å². The van der Waals surface area contributed by atoms with E-state index in [4.69, 9.17) is 5.11 Å². The first-order valence-electron chi connectivity index (χ1n) is 7.27. The molecule has 0 radical (unpaired) electrons. The highest BCUT2D eigenvalue weighted by atomic mass is 32.1. The van der Waals surface area contributed by atoms with Crippen LogP contribution in [0.4, 0.5) is 8.78 Å². The smallest absolute Gasteiger partial charge is 0.305 e. The van der Waals surface area contributed by atoms with E-state index in [9.17, 15) is 18.4 Å². The number of aryl methyl sites for hydroxylation is 1. The number of hydrogen-bond donors (Lipinski definition) is 1. The first kappa shape index (κ1) is 18.0. The molecule has 1 amide bonds. The third kappa shape index (κ3) is 5.38. The minimum atomic E-state index is -1.03. The molecule has 0 fully saturated rings. The second-order valence-corrected chi connectivity index (χ2v) is 6.11. The maximum Gasteiger partial charge on any atom is 0.305 e. The molecule has 0 spiro atoms. The molecule has 2 rings (SSSR count). The Hall–Kier alpha value is -2.35. The number of thiazole rings is 1. The van der Waals surface area contributed by atoms with Gasteiger partial charge in [0.25, 0.3) is 0 Å². The van der Waals surface area contributed by atoms with E-state index in [0.29, 0.717) is 12.0 Å². The van der Waals surface area contributed by atoms with Crippen LogP contribution in [0.25, 0.3) is 0 Å². The number of carbonyl (C=O) groups is 2. The molecule has 8 heteroatoms. The molecule has 24 heavy (non-hydrogen) atoms. The van der Waals surface area contributed by atoms with Gasteiger partial charge in [-0.05, 0) is 17.7 Å². The van der Waals surface area contributed by atoms with Gasteiger partial charge < -0.3 is 10.0 Å². The predicted octanol–water partition coefficient (Wildman–Crippen LogP) is 2.86. The van der Waals surface area contributed by atoms with Crippen molar-refractivity contribution in [3.63, 3.8) is 0 Å². The summed E-state index contributed by atoms with van der Waals surface area (Å²) in [6.07, 6.45) is 2.06. The molecule has 1 aromatic carbocycles. The molecule has 0 saturated carbocycles. The number of aromatic nitrogens is 1. The average molecular weight is 354 g/mol. The van der Waals surface area contributed by atoms with Crippen molar-refractivity contribution in [2.45, 2.75) is 25.8 Å². The van der Waals surface area contributed by atoms with Crippen molar-refractivity contribution in [2.24, 2.45) is 0 Å². The number of carboxylic acid groups (broad SMARTS) is 1. The summed E-state index contributed by atoms with van der Waals surface area (Å²) in [5.41, 5.74) is 0.405. The Balaban J connectivity index is 2.03. The molecule has 128 valence electrons. The molecule has 1 heterocycles. The van der Waals surface area contributed by atoms with Crippen molar-refractivity contribution in [3.8, 4) is 0 Å². The van der Waals surface area contributed by atoms with E-state index in [1.165, 1.54) is 22.3 Å². The Morgan fingerprint density at radius 2 is 2.00 bits per heavy atom. The molecule has 2 aromatic rings. The summed E-state index contributed by atoms with van der Waals surface area (Å²) >= 11 is 1.44. The first-order chi connectivity index (χ1) is 11.5. The monoisotopic (exact) mass is 354 g/mol. The molecule has 1 aromatic heterocycles. The van der Waals surface area contributed by atoms with Gasteiger partial charge in [0.05, 0.1) is 11.4 Å². The lowest BCUT2D eigenvalue weighted by molar-refractivity contribution is -0.138. The normalized spacial score (nSPS) is 10.6. The van der Waals surface area contributed by atoms with Gasteiger partial charge >= 0.3 is 5.97 Å². The number of carbonyl (C=O) groups excluding carboxylic acids is 1. The van der Waals surface area contributed by atoms with Gasteiger partial charge in [-0.25, -0.2) is 13.8 Å². The molecule has 0 unspecified atom stereocenters. The zero-order chi connectivity index (χ0) is 17.5. The third-order valence-electron chi connectivity index (χ3n) is 3.34. The number of nitrogens with zero attached hydrogens (tertiary/aromatic N) is 2. The van der Waals surface area contributed by atoms with Crippen molar-refractivity contribution in [2.75, 3.05) is 6.54 Å². The SMILES string of the molecule is O=C(O)CCN(Cc1ccc(F)c(F)c1)C(=O)CCc1nccs1.